The highest BCUT2D eigenvalue weighted by molar-refractivity contribution is 7.53. The van der Waals surface area contributed by atoms with Gasteiger partial charge in [0.05, 0.1) is 31.2 Å². The van der Waals surface area contributed by atoms with Gasteiger partial charge in [-0.3, -0.25) is 9.36 Å². The van der Waals surface area contributed by atoms with Gasteiger partial charge in [0, 0.05) is 28.9 Å². The molecule has 0 aliphatic carbocycles. The second-order valence-corrected chi connectivity index (χ2v) is 19.2. The van der Waals surface area contributed by atoms with Gasteiger partial charge >= 0.3 is 7.60 Å². The monoisotopic (exact) mass is 615 g/mol. The van der Waals surface area contributed by atoms with Crippen LogP contribution in [0, 0.1) is 5.82 Å². The normalized spacial score (nSPS) is 13.9. The number of hydrogen-bond acceptors (Lipinski definition) is 5. The third kappa shape index (κ3) is 8.17. The van der Waals surface area contributed by atoms with E-state index in [1.165, 1.54) is 12.1 Å². The minimum Gasteiger partial charge on any atom is -0.413 e. The number of benzene rings is 2. The Balaban J connectivity index is 2.03. The molecule has 42 heavy (non-hydrogen) atoms. The Kier molecular flexibility index (Phi) is 11.3. The number of carbonyl (C=O) groups is 1. The minimum absolute atomic E-state index is 0.00779. The predicted molar refractivity (Wildman–Crippen MR) is 174 cm³/mol. The summed E-state index contributed by atoms with van der Waals surface area (Å²) in [6, 6.07) is 14.6. The first-order valence-corrected chi connectivity index (χ1v) is 19.4. The van der Waals surface area contributed by atoms with Crippen LogP contribution in [-0.2, 0) is 22.8 Å². The van der Waals surface area contributed by atoms with E-state index in [0.29, 0.717) is 0 Å². The van der Waals surface area contributed by atoms with Gasteiger partial charge in [0.25, 0.3) is 0 Å². The van der Waals surface area contributed by atoms with Crippen LogP contribution in [0.5, 0.6) is 0 Å². The summed E-state index contributed by atoms with van der Waals surface area (Å²) in [5, 5.41) is 0.923. The van der Waals surface area contributed by atoms with Crippen molar-refractivity contribution in [3.63, 3.8) is 0 Å². The Morgan fingerprint density at radius 3 is 2.17 bits per heavy atom. The summed E-state index contributed by atoms with van der Waals surface area (Å²) >= 11 is 0. The van der Waals surface area contributed by atoms with E-state index >= 15 is 0 Å². The minimum atomic E-state index is -3.45. The van der Waals surface area contributed by atoms with Gasteiger partial charge in [0.15, 0.2) is 14.1 Å². The van der Waals surface area contributed by atoms with Gasteiger partial charge in [0.2, 0.25) is 0 Å². The second kappa shape index (κ2) is 14.0. The summed E-state index contributed by atoms with van der Waals surface area (Å²) < 4.78 is 47.3. The highest BCUT2D eigenvalue weighted by Gasteiger charge is 2.41. The van der Waals surface area contributed by atoms with Gasteiger partial charge in [-0.25, -0.2) is 4.39 Å². The number of halogens is 1. The first kappa shape index (κ1) is 34.1. The van der Waals surface area contributed by atoms with E-state index in [1.54, 1.807) is 32.1 Å². The molecular formula is C33H47FNO5PSi. The fraction of sp³-hybridized carbons (Fsp3) is 0.485. The standard InChI is InChI=1S/C33H47FNO5PSi/c1-10-38-41(37,39-11-2)23-28(40-42(8,9)33(5,6)7)22-27(36)20-21-31-32(25-16-18-26(34)19-17-25)29-14-12-13-15-30(29)35(31)24(3)4/h12-21,24,28H,10-11,22-23H2,1-9H3/b21-20+/t28-/m1/s1. The molecule has 3 rings (SSSR count). The summed E-state index contributed by atoms with van der Waals surface area (Å²) in [4.78, 5) is 13.6. The SMILES string of the molecule is CCOP(=O)(C[C@@H](CC(=O)/C=C/c1c(-c2ccc(F)cc2)c2ccccc2n1C(C)C)O[Si](C)(C)C(C)(C)C)OCC. The molecule has 1 atom stereocenters. The van der Waals surface area contributed by atoms with E-state index in [0.717, 1.165) is 27.7 Å². The first-order chi connectivity index (χ1) is 19.6. The molecule has 0 saturated heterocycles. The zero-order chi connectivity index (χ0) is 31.3. The Labute approximate surface area is 251 Å². The maximum Gasteiger partial charge on any atom is 0.333 e. The summed E-state index contributed by atoms with van der Waals surface area (Å²) in [5.74, 6) is -0.452. The number of nitrogens with zero attached hydrogens (tertiary/aromatic N) is 1. The van der Waals surface area contributed by atoms with Crippen molar-refractivity contribution in [1.29, 1.82) is 0 Å². The number of rotatable bonds is 14. The topological polar surface area (TPSA) is 66.8 Å². The number of fused-ring (bicyclic) bond motifs is 1. The molecule has 0 aliphatic rings. The van der Waals surface area contributed by atoms with E-state index in [2.05, 4.69) is 58.3 Å². The Morgan fingerprint density at radius 2 is 1.62 bits per heavy atom. The number of para-hydroxylation sites is 1. The molecule has 0 saturated carbocycles. The van der Waals surface area contributed by atoms with Crippen molar-refractivity contribution in [2.24, 2.45) is 0 Å². The van der Waals surface area contributed by atoms with E-state index in [4.69, 9.17) is 13.5 Å². The smallest absolute Gasteiger partial charge is 0.333 e. The lowest BCUT2D eigenvalue weighted by Gasteiger charge is -2.39. The molecular weight excluding hydrogens is 568 g/mol. The van der Waals surface area contributed by atoms with Crippen LogP contribution >= 0.6 is 7.60 Å². The molecule has 0 fully saturated rings. The number of ketones is 1. The third-order valence-corrected chi connectivity index (χ3v) is 14.5. The first-order valence-electron chi connectivity index (χ1n) is 14.8. The van der Waals surface area contributed by atoms with Crippen LogP contribution in [0.1, 0.15) is 66.6 Å². The highest BCUT2D eigenvalue weighted by Crippen LogP contribution is 2.50. The maximum atomic E-state index is 13.8. The maximum absolute atomic E-state index is 13.8. The summed E-state index contributed by atoms with van der Waals surface area (Å²) in [6.45, 7) is 18.8. The molecule has 0 bridgehead atoms. The number of aromatic nitrogens is 1. The van der Waals surface area contributed by atoms with Crippen LogP contribution < -0.4 is 0 Å². The van der Waals surface area contributed by atoms with Gasteiger partial charge in [-0.15, -0.1) is 0 Å². The van der Waals surface area contributed by atoms with Crippen LogP contribution in [0.25, 0.3) is 28.1 Å². The molecule has 0 amide bonds. The molecule has 0 spiro atoms. The molecule has 9 heteroatoms. The Hall–Kier alpha value is -2.35. The zero-order valence-corrected chi connectivity index (χ0v) is 28.5. The average Bonchev–Trinajstić information content (AvgIpc) is 3.21. The van der Waals surface area contributed by atoms with Crippen molar-refractivity contribution in [2.75, 3.05) is 19.4 Å². The van der Waals surface area contributed by atoms with Crippen LogP contribution in [0.2, 0.25) is 18.1 Å². The average molecular weight is 616 g/mol. The highest BCUT2D eigenvalue weighted by atomic mass is 31.2. The van der Waals surface area contributed by atoms with Crippen molar-refractivity contribution in [3.8, 4) is 11.1 Å². The zero-order valence-electron chi connectivity index (χ0n) is 26.6. The molecule has 0 aliphatic heterocycles. The van der Waals surface area contributed by atoms with Crippen LogP contribution in [0.15, 0.2) is 54.6 Å². The lowest BCUT2D eigenvalue weighted by atomic mass is 10.0. The van der Waals surface area contributed by atoms with E-state index in [1.807, 2.05) is 24.3 Å². The number of hydrogen-bond donors (Lipinski definition) is 0. The van der Waals surface area contributed by atoms with Crippen molar-refractivity contribution in [1.82, 2.24) is 4.57 Å². The molecule has 6 nitrogen and oxygen atoms in total. The Bertz CT molecular complexity index is 1430. The van der Waals surface area contributed by atoms with E-state index in [-0.39, 0.29) is 48.5 Å². The van der Waals surface area contributed by atoms with Crippen molar-refractivity contribution >= 4 is 38.7 Å². The summed E-state index contributed by atoms with van der Waals surface area (Å²) in [7, 11) is -5.77. The molecule has 0 radical (unpaired) electrons. The van der Waals surface area contributed by atoms with Gasteiger partial charge in [0.1, 0.15) is 5.82 Å². The molecule has 3 aromatic rings. The molecule has 1 aromatic heterocycles. The van der Waals surface area contributed by atoms with E-state index in [9.17, 15) is 13.8 Å². The third-order valence-electron chi connectivity index (χ3n) is 7.80. The molecule has 230 valence electrons. The van der Waals surface area contributed by atoms with E-state index < -0.39 is 22.0 Å². The quantitative estimate of drug-likeness (QED) is 0.103. The summed E-state index contributed by atoms with van der Waals surface area (Å²) in [6.07, 6.45) is 2.85. The van der Waals surface area contributed by atoms with Crippen molar-refractivity contribution < 1.29 is 27.2 Å². The Morgan fingerprint density at radius 1 is 1.02 bits per heavy atom. The van der Waals surface area contributed by atoms with Gasteiger partial charge in [-0.1, -0.05) is 51.1 Å². The van der Waals surface area contributed by atoms with Gasteiger partial charge < -0.3 is 18.0 Å². The van der Waals surface area contributed by atoms with Gasteiger partial charge in [-0.05, 0) is 81.7 Å². The van der Waals surface area contributed by atoms with Gasteiger partial charge in [-0.2, -0.15) is 0 Å². The fourth-order valence-corrected chi connectivity index (χ4v) is 8.18. The van der Waals surface area contributed by atoms with Crippen LogP contribution in [-0.4, -0.2) is 44.1 Å². The van der Waals surface area contributed by atoms with Crippen LogP contribution in [0.4, 0.5) is 4.39 Å². The van der Waals surface area contributed by atoms with Crippen LogP contribution in [0.3, 0.4) is 0 Å². The van der Waals surface area contributed by atoms with Crippen molar-refractivity contribution in [2.45, 2.75) is 85.2 Å². The largest absolute Gasteiger partial charge is 0.413 e. The number of allylic oxidation sites excluding steroid dienone is 1. The summed E-state index contributed by atoms with van der Waals surface area (Å²) in [5.41, 5.74) is 3.71. The molecule has 0 N–H and O–H groups in total. The van der Waals surface area contributed by atoms with Crippen molar-refractivity contribution in [3.05, 3.63) is 66.1 Å². The second-order valence-electron chi connectivity index (χ2n) is 12.4. The molecule has 0 unspecified atom stereocenters. The molecule has 1 heterocycles. The number of carbonyl (C=O) groups excluding carboxylic acids is 1. The lowest BCUT2D eigenvalue weighted by molar-refractivity contribution is -0.115. The fourth-order valence-electron chi connectivity index (χ4n) is 4.91. The predicted octanol–water partition coefficient (Wildman–Crippen LogP) is 9.66. The lowest BCUT2D eigenvalue weighted by Crippen LogP contribution is -2.45. The molecule has 2 aromatic carbocycles.